The third-order valence-electron chi connectivity index (χ3n) is 3.29. The summed E-state index contributed by atoms with van der Waals surface area (Å²) in [6.45, 7) is 0.864. The Kier molecular flexibility index (Phi) is 8.25. The van der Waals surface area contributed by atoms with E-state index in [-0.39, 0.29) is 5.91 Å². The van der Waals surface area contributed by atoms with Gasteiger partial charge in [-0.3, -0.25) is 4.79 Å². The Morgan fingerprint density at radius 3 is 2.56 bits per heavy atom. The molecule has 0 aliphatic heterocycles. The fourth-order valence-electron chi connectivity index (χ4n) is 2.08. The molecule has 25 heavy (non-hydrogen) atoms. The summed E-state index contributed by atoms with van der Waals surface area (Å²) in [5.74, 6) is 2.22. The number of rotatable bonds is 9. The van der Waals surface area contributed by atoms with Gasteiger partial charge in [-0.25, -0.2) is 0 Å². The summed E-state index contributed by atoms with van der Waals surface area (Å²) in [7, 11) is 1.61. The maximum Gasteiger partial charge on any atom is 0.230 e. The molecule has 2 aromatic rings. The van der Waals surface area contributed by atoms with Crippen molar-refractivity contribution in [3.8, 4) is 11.5 Å². The van der Waals surface area contributed by atoms with Crippen LogP contribution in [-0.4, -0.2) is 31.1 Å². The molecule has 0 radical (unpaired) electrons. The Morgan fingerprint density at radius 1 is 1.12 bits per heavy atom. The lowest BCUT2D eigenvalue weighted by Crippen LogP contribution is -2.25. The summed E-state index contributed by atoms with van der Waals surface area (Å²) >= 11 is 13.5. The monoisotopic (exact) mass is 399 g/mol. The maximum absolute atomic E-state index is 11.9. The molecule has 0 aliphatic carbocycles. The Labute approximate surface area is 161 Å². The fourth-order valence-corrected chi connectivity index (χ4v) is 3.22. The lowest BCUT2D eigenvalue weighted by Gasteiger charge is -2.10. The van der Waals surface area contributed by atoms with Crippen LogP contribution in [0.3, 0.4) is 0 Å². The van der Waals surface area contributed by atoms with Gasteiger partial charge >= 0.3 is 0 Å². The normalized spacial score (nSPS) is 10.4. The van der Waals surface area contributed by atoms with E-state index in [4.69, 9.17) is 32.7 Å². The molecule has 0 atom stereocenters. The molecule has 1 amide bonds. The maximum atomic E-state index is 11.9. The molecule has 2 aromatic carbocycles. The first-order chi connectivity index (χ1) is 12.1. The molecule has 1 N–H and O–H groups in total. The van der Waals surface area contributed by atoms with Gasteiger partial charge in [-0.2, -0.15) is 0 Å². The van der Waals surface area contributed by atoms with E-state index in [1.54, 1.807) is 25.3 Å². The standard InChI is InChI=1S/C18H19Cl2NO3S/c1-23-16-8-3-2-5-13(16)11-21-17(22)12-25-10-9-24-18-14(19)6-4-7-15(18)20/h2-8H,9-12H2,1H3,(H,21,22). The molecular formula is C18H19Cl2NO3S. The Bertz CT molecular complexity index is 692. The first-order valence-electron chi connectivity index (χ1n) is 7.65. The molecule has 0 spiro atoms. The first kappa shape index (κ1) is 19.8. The number of carbonyl (C=O) groups excluding carboxylic acids is 1. The molecule has 2 rings (SSSR count). The largest absolute Gasteiger partial charge is 0.496 e. The summed E-state index contributed by atoms with van der Waals surface area (Å²) in [6, 6.07) is 12.8. The number of benzene rings is 2. The van der Waals surface area contributed by atoms with Gasteiger partial charge in [-0.15, -0.1) is 11.8 Å². The van der Waals surface area contributed by atoms with E-state index in [0.29, 0.717) is 40.5 Å². The topological polar surface area (TPSA) is 47.6 Å². The molecule has 0 aromatic heterocycles. The second kappa shape index (κ2) is 10.4. The van der Waals surface area contributed by atoms with Crippen molar-refractivity contribution < 1.29 is 14.3 Å². The molecule has 0 heterocycles. The van der Waals surface area contributed by atoms with Gasteiger partial charge in [0, 0.05) is 17.9 Å². The van der Waals surface area contributed by atoms with Crippen LogP contribution in [0.4, 0.5) is 0 Å². The first-order valence-corrected chi connectivity index (χ1v) is 9.56. The summed E-state index contributed by atoms with van der Waals surface area (Å²) in [5, 5.41) is 3.84. The number of methoxy groups -OCH3 is 1. The number of hydrogen-bond donors (Lipinski definition) is 1. The molecule has 0 fully saturated rings. The van der Waals surface area contributed by atoms with Crippen LogP contribution in [0.2, 0.25) is 10.0 Å². The van der Waals surface area contributed by atoms with Crippen LogP contribution in [0, 0.1) is 0 Å². The van der Waals surface area contributed by atoms with Gasteiger partial charge in [0.05, 0.1) is 29.5 Å². The average Bonchev–Trinajstić information content (AvgIpc) is 2.62. The molecule has 7 heteroatoms. The quantitative estimate of drug-likeness (QED) is 0.633. The summed E-state index contributed by atoms with van der Waals surface area (Å²) in [6.07, 6.45) is 0. The van der Waals surface area contributed by atoms with Crippen LogP contribution in [-0.2, 0) is 11.3 Å². The number of ether oxygens (including phenoxy) is 2. The predicted molar refractivity (Wildman–Crippen MR) is 104 cm³/mol. The van der Waals surface area contributed by atoms with E-state index in [1.165, 1.54) is 11.8 Å². The number of nitrogens with one attached hydrogen (secondary N) is 1. The SMILES string of the molecule is COc1ccccc1CNC(=O)CSCCOc1c(Cl)cccc1Cl. The third kappa shape index (κ3) is 6.34. The highest BCUT2D eigenvalue weighted by atomic mass is 35.5. The lowest BCUT2D eigenvalue weighted by molar-refractivity contribution is -0.118. The van der Waals surface area contributed by atoms with Crippen molar-refractivity contribution in [2.45, 2.75) is 6.54 Å². The van der Waals surface area contributed by atoms with Crippen molar-refractivity contribution in [2.75, 3.05) is 25.2 Å². The highest BCUT2D eigenvalue weighted by molar-refractivity contribution is 7.99. The Balaban J connectivity index is 1.66. The predicted octanol–water partition coefficient (Wildman–Crippen LogP) is 4.43. The van der Waals surface area contributed by atoms with Gasteiger partial charge < -0.3 is 14.8 Å². The van der Waals surface area contributed by atoms with Gasteiger partial charge in [-0.1, -0.05) is 47.5 Å². The van der Waals surface area contributed by atoms with Gasteiger partial charge in [-0.05, 0) is 18.2 Å². The zero-order valence-electron chi connectivity index (χ0n) is 13.8. The summed E-state index contributed by atoms with van der Waals surface area (Å²) in [5.41, 5.74) is 0.944. The smallest absolute Gasteiger partial charge is 0.230 e. The highest BCUT2D eigenvalue weighted by Crippen LogP contribution is 2.32. The molecule has 4 nitrogen and oxygen atoms in total. The number of carbonyl (C=O) groups is 1. The van der Waals surface area contributed by atoms with Gasteiger partial charge in [0.15, 0.2) is 5.75 Å². The Hall–Kier alpha value is -1.56. The van der Waals surface area contributed by atoms with Crippen molar-refractivity contribution in [2.24, 2.45) is 0 Å². The van der Waals surface area contributed by atoms with Crippen LogP contribution in [0.15, 0.2) is 42.5 Å². The molecule has 0 unspecified atom stereocenters. The molecule has 134 valence electrons. The number of thioether (sulfide) groups is 1. The molecule has 0 bridgehead atoms. The summed E-state index contributed by atoms with van der Waals surface area (Å²) in [4.78, 5) is 11.9. The zero-order valence-corrected chi connectivity index (χ0v) is 16.1. The van der Waals surface area contributed by atoms with E-state index in [2.05, 4.69) is 5.32 Å². The van der Waals surface area contributed by atoms with E-state index in [0.717, 1.165) is 11.3 Å². The van der Waals surface area contributed by atoms with Gasteiger partial charge in [0.2, 0.25) is 5.91 Å². The molecule has 0 aliphatic rings. The van der Waals surface area contributed by atoms with E-state index >= 15 is 0 Å². The van der Waals surface area contributed by atoms with Crippen molar-refractivity contribution in [1.29, 1.82) is 0 Å². The lowest BCUT2D eigenvalue weighted by atomic mass is 10.2. The number of para-hydroxylation sites is 2. The number of amides is 1. The zero-order chi connectivity index (χ0) is 18.1. The van der Waals surface area contributed by atoms with E-state index in [9.17, 15) is 4.79 Å². The van der Waals surface area contributed by atoms with Crippen LogP contribution in [0.5, 0.6) is 11.5 Å². The van der Waals surface area contributed by atoms with Crippen LogP contribution >= 0.6 is 35.0 Å². The highest BCUT2D eigenvalue weighted by Gasteiger charge is 2.07. The minimum Gasteiger partial charge on any atom is -0.496 e. The van der Waals surface area contributed by atoms with E-state index < -0.39 is 0 Å². The van der Waals surface area contributed by atoms with Gasteiger partial charge in [0.25, 0.3) is 0 Å². The minimum absolute atomic E-state index is 0.0355. The van der Waals surface area contributed by atoms with Crippen molar-refractivity contribution in [3.63, 3.8) is 0 Å². The molecular weight excluding hydrogens is 381 g/mol. The van der Waals surface area contributed by atoms with Crippen molar-refractivity contribution in [1.82, 2.24) is 5.32 Å². The average molecular weight is 400 g/mol. The van der Waals surface area contributed by atoms with Crippen molar-refractivity contribution >= 4 is 40.9 Å². The summed E-state index contributed by atoms with van der Waals surface area (Å²) < 4.78 is 10.8. The number of halogens is 2. The fraction of sp³-hybridized carbons (Fsp3) is 0.278. The number of hydrogen-bond acceptors (Lipinski definition) is 4. The second-order valence-corrected chi connectivity index (χ2v) is 6.96. The Morgan fingerprint density at radius 2 is 1.84 bits per heavy atom. The molecule has 0 saturated carbocycles. The van der Waals surface area contributed by atoms with Gasteiger partial charge in [0.1, 0.15) is 5.75 Å². The van der Waals surface area contributed by atoms with E-state index in [1.807, 2.05) is 24.3 Å². The van der Waals surface area contributed by atoms with Crippen LogP contribution in [0.25, 0.3) is 0 Å². The van der Waals surface area contributed by atoms with Crippen LogP contribution < -0.4 is 14.8 Å². The minimum atomic E-state index is -0.0355. The van der Waals surface area contributed by atoms with Crippen LogP contribution in [0.1, 0.15) is 5.56 Å². The molecule has 0 saturated heterocycles. The van der Waals surface area contributed by atoms with Crippen molar-refractivity contribution in [3.05, 3.63) is 58.1 Å². The third-order valence-corrected chi connectivity index (χ3v) is 4.81. The second-order valence-electron chi connectivity index (χ2n) is 5.04.